The van der Waals surface area contributed by atoms with Crippen molar-refractivity contribution in [3.63, 3.8) is 0 Å². The Bertz CT molecular complexity index is 801. The molecule has 0 aliphatic heterocycles. The van der Waals surface area contributed by atoms with Crippen LogP contribution >= 0.6 is 35.0 Å². The Balaban J connectivity index is 1.97. The molecule has 0 saturated carbocycles. The van der Waals surface area contributed by atoms with E-state index in [9.17, 15) is 10.1 Å². The summed E-state index contributed by atoms with van der Waals surface area (Å²) in [7, 11) is 0. The van der Waals surface area contributed by atoms with E-state index in [2.05, 4.69) is 16.4 Å². The van der Waals surface area contributed by atoms with Crippen molar-refractivity contribution >= 4 is 40.9 Å². The van der Waals surface area contributed by atoms with Gasteiger partial charge >= 0.3 is 0 Å². The normalized spacial score (nSPS) is 10.3. The Labute approximate surface area is 155 Å². The van der Waals surface area contributed by atoms with Crippen LogP contribution in [0.2, 0.25) is 10.0 Å². The zero-order valence-electron chi connectivity index (χ0n) is 13.2. The number of hydrogen-bond donors (Lipinski definition) is 1. The van der Waals surface area contributed by atoms with Crippen molar-refractivity contribution < 1.29 is 4.79 Å². The number of hydrogen-bond acceptors (Lipinski definition) is 4. The Morgan fingerprint density at radius 1 is 1.29 bits per heavy atom. The van der Waals surface area contributed by atoms with Gasteiger partial charge in [0.2, 0.25) is 5.91 Å². The molecule has 0 aliphatic rings. The molecule has 0 aliphatic carbocycles. The van der Waals surface area contributed by atoms with Crippen molar-refractivity contribution in [2.24, 2.45) is 0 Å². The van der Waals surface area contributed by atoms with Crippen LogP contribution in [0.4, 0.5) is 0 Å². The third kappa shape index (κ3) is 4.64. The molecule has 2 rings (SSSR count). The molecule has 0 atom stereocenters. The van der Waals surface area contributed by atoms with Crippen molar-refractivity contribution in [2.45, 2.75) is 25.4 Å². The highest BCUT2D eigenvalue weighted by Crippen LogP contribution is 2.29. The summed E-state index contributed by atoms with van der Waals surface area (Å²) in [5, 5.41) is 13.8. The first kappa shape index (κ1) is 18.6. The summed E-state index contributed by atoms with van der Waals surface area (Å²) < 4.78 is 0. The Morgan fingerprint density at radius 3 is 2.58 bits per heavy atom. The number of rotatable bonds is 5. The maximum Gasteiger partial charge on any atom is 0.230 e. The van der Waals surface area contributed by atoms with Gasteiger partial charge in [0.25, 0.3) is 0 Å². The molecule has 4 nitrogen and oxygen atoms in total. The summed E-state index contributed by atoms with van der Waals surface area (Å²) in [6.45, 7) is 3.98. The van der Waals surface area contributed by atoms with E-state index in [1.165, 1.54) is 11.8 Å². The zero-order chi connectivity index (χ0) is 17.7. The predicted molar refractivity (Wildman–Crippen MR) is 97.5 cm³/mol. The smallest absolute Gasteiger partial charge is 0.230 e. The first-order valence-corrected chi connectivity index (χ1v) is 8.87. The van der Waals surface area contributed by atoms with Gasteiger partial charge in [0.15, 0.2) is 0 Å². The van der Waals surface area contributed by atoms with E-state index in [4.69, 9.17) is 23.2 Å². The molecule has 0 radical (unpaired) electrons. The van der Waals surface area contributed by atoms with E-state index in [0.29, 0.717) is 38.4 Å². The van der Waals surface area contributed by atoms with Crippen LogP contribution in [0.15, 0.2) is 29.3 Å². The molecule has 1 heterocycles. The highest BCUT2D eigenvalue weighted by molar-refractivity contribution is 8.00. The summed E-state index contributed by atoms with van der Waals surface area (Å²) in [4.78, 5) is 16.3. The monoisotopic (exact) mass is 379 g/mol. The van der Waals surface area contributed by atoms with E-state index in [-0.39, 0.29) is 11.7 Å². The fourth-order valence-corrected chi connectivity index (χ4v) is 3.20. The Hall–Kier alpha value is -1.74. The van der Waals surface area contributed by atoms with E-state index in [1.807, 2.05) is 12.1 Å². The van der Waals surface area contributed by atoms with Crippen LogP contribution in [0.3, 0.4) is 0 Å². The molecule has 0 unspecified atom stereocenters. The van der Waals surface area contributed by atoms with E-state index >= 15 is 0 Å². The molecule has 1 aromatic heterocycles. The summed E-state index contributed by atoms with van der Waals surface area (Å²) >= 11 is 13.2. The number of benzene rings is 1. The minimum absolute atomic E-state index is 0.133. The predicted octanol–water partition coefficient (Wildman–Crippen LogP) is 4.29. The number of amides is 1. The topological polar surface area (TPSA) is 65.8 Å². The number of thioether (sulfide) groups is 1. The summed E-state index contributed by atoms with van der Waals surface area (Å²) in [6, 6.07) is 9.38. The van der Waals surface area contributed by atoms with Gasteiger partial charge in [-0.25, -0.2) is 4.98 Å². The molecule has 2 aromatic rings. The van der Waals surface area contributed by atoms with Crippen molar-refractivity contribution in [3.8, 4) is 6.07 Å². The van der Waals surface area contributed by atoms with Gasteiger partial charge in [-0.05, 0) is 37.1 Å². The molecular formula is C17H15Cl2N3OS. The van der Waals surface area contributed by atoms with E-state index in [0.717, 1.165) is 5.56 Å². The number of nitrogens with one attached hydrogen (secondary N) is 1. The van der Waals surface area contributed by atoms with Crippen molar-refractivity contribution in [3.05, 3.63) is 56.7 Å². The van der Waals surface area contributed by atoms with Crippen LogP contribution < -0.4 is 5.32 Å². The van der Waals surface area contributed by atoms with Gasteiger partial charge in [-0.1, -0.05) is 47.1 Å². The van der Waals surface area contributed by atoms with Crippen LogP contribution in [-0.2, 0) is 11.3 Å². The van der Waals surface area contributed by atoms with Crippen LogP contribution in [-0.4, -0.2) is 16.6 Å². The largest absolute Gasteiger partial charge is 0.351 e. The van der Waals surface area contributed by atoms with Crippen LogP contribution in [0.25, 0.3) is 0 Å². The number of halogens is 2. The maximum absolute atomic E-state index is 12.0. The number of pyridine rings is 1. The maximum atomic E-state index is 12.0. The summed E-state index contributed by atoms with van der Waals surface area (Å²) in [6.07, 6.45) is 0. The fourth-order valence-electron chi connectivity index (χ4n) is 2.02. The third-order valence-electron chi connectivity index (χ3n) is 3.36. The van der Waals surface area contributed by atoms with Gasteiger partial charge < -0.3 is 5.32 Å². The number of aromatic nitrogens is 1. The minimum Gasteiger partial charge on any atom is -0.351 e. The van der Waals surface area contributed by atoms with E-state index < -0.39 is 0 Å². The quantitative estimate of drug-likeness (QED) is 0.786. The second kappa shape index (κ2) is 8.39. The molecule has 0 bridgehead atoms. The molecule has 7 heteroatoms. The molecule has 24 heavy (non-hydrogen) atoms. The summed E-state index contributed by atoms with van der Waals surface area (Å²) in [5.74, 6) is 0.0429. The second-order valence-electron chi connectivity index (χ2n) is 5.12. The first-order valence-electron chi connectivity index (χ1n) is 7.13. The van der Waals surface area contributed by atoms with Gasteiger partial charge in [0.05, 0.1) is 22.0 Å². The van der Waals surface area contributed by atoms with Gasteiger partial charge in [0, 0.05) is 11.6 Å². The number of carbonyl (C=O) groups is 1. The summed E-state index contributed by atoms with van der Waals surface area (Å²) in [5.41, 5.74) is 2.72. The Kier molecular flexibility index (Phi) is 6.50. The molecule has 1 aromatic carbocycles. The molecule has 1 N–H and O–H groups in total. The van der Waals surface area contributed by atoms with Crippen LogP contribution in [0.5, 0.6) is 0 Å². The molecule has 0 fully saturated rings. The molecule has 0 spiro atoms. The van der Waals surface area contributed by atoms with Crippen molar-refractivity contribution in [2.75, 3.05) is 5.75 Å². The lowest BCUT2D eigenvalue weighted by molar-refractivity contribution is -0.118. The van der Waals surface area contributed by atoms with Gasteiger partial charge in [0.1, 0.15) is 11.1 Å². The average Bonchev–Trinajstić information content (AvgIpc) is 2.57. The van der Waals surface area contributed by atoms with Crippen LogP contribution in [0, 0.1) is 25.2 Å². The second-order valence-corrected chi connectivity index (χ2v) is 6.90. The van der Waals surface area contributed by atoms with Gasteiger partial charge in [-0.15, -0.1) is 0 Å². The van der Waals surface area contributed by atoms with E-state index in [1.54, 1.807) is 26.0 Å². The zero-order valence-corrected chi connectivity index (χ0v) is 15.5. The molecular weight excluding hydrogens is 365 g/mol. The first-order chi connectivity index (χ1) is 11.4. The lowest BCUT2D eigenvalue weighted by atomic mass is 10.1. The number of nitriles is 1. The minimum atomic E-state index is -0.133. The molecule has 0 saturated heterocycles. The lowest BCUT2D eigenvalue weighted by Gasteiger charge is -2.10. The average molecular weight is 380 g/mol. The van der Waals surface area contributed by atoms with Crippen molar-refractivity contribution in [1.29, 1.82) is 5.26 Å². The van der Waals surface area contributed by atoms with Crippen LogP contribution in [0.1, 0.15) is 22.4 Å². The van der Waals surface area contributed by atoms with Crippen molar-refractivity contribution in [1.82, 2.24) is 10.3 Å². The standard InChI is InChI=1S/C17H15Cl2N3OS/c1-10-14(7-20)17(22-11(2)16(10)19)24-9-15(23)21-8-12-3-5-13(18)6-4-12/h3-6H,8-9H2,1-2H3,(H,21,23). The SMILES string of the molecule is Cc1nc(SCC(=O)NCc2ccc(Cl)cc2)c(C#N)c(C)c1Cl. The highest BCUT2D eigenvalue weighted by Gasteiger charge is 2.15. The fraction of sp³-hybridized carbons (Fsp3) is 0.235. The van der Waals surface area contributed by atoms with Gasteiger partial charge in [-0.3, -0.25) is 4.79 Å². The number of aryl methyl sites for hydroxylation is 1. The number of nitrogens with zero attached hydrogens (tertiary/aromatic N) is 2. The lowest BCUT2D eigenvalue weighted by Crippen LogP contribution is -2.24. The van der Waals surface area contributed by atoms with Gasteiger partial charge in [-0.2, -0.15) is 5.26 Å². The Morgan fingerprint density at radius 2 is 1.96 bits per heavy atom. The molecule has 1 amide bonds. The molecule has 124 valence electrons. The highest BCUT2D eigenvalue weighted by atomic mass is 35.5. The third-order valence-corrected chi connectivity index (χ3v) is 5.14. The number of carbonyl (C=O) groups excluding carboxylic acids is 1.